The van der Waals surface area contributed by atoms with Crippen molar-refractivity contribution in [2.45, 2.75) is 11.4 Å². The fourth-order valence-electron chi connectivity index (χ4n) is 3.66. The van der Waals surface area contributed by atoms with Gasteiger partial charge in [-0.25, -0.2) is 4.39 Å². The molecular weight excluding hydrogens is 493 g/mol. The maximum absolute atomic E-state index is 13.4. The molecule has 0 unspecified atom stereocenters. The van der Waals surface area contributed by atoms with Crippen molar-refractivity contribution in [2.24, 2.45) is 0 Å². The van der Waals surface area contributed by atoms with E-state index in [1.165, 1.54) is 30.5 Å². The molecule has 2 N–H and O–H groups in total. The van der Waals surface area contributed by atoms with E-state index in [2.05, 4.69) is 10.6 Å². The van der Waals surface area contributed by atoms with Crippen LogP contribution in [-0.2, 0) is 16.1 Å². The molecule has 0 radical (unpaired) electrons. The number of rotatable bonds is 8. The number of halogens is 1. The molecule has 0 fully saturated rings. The van der Waals surface area contributed by atoms with Gasteiger partial charge in [-0.05, 0) is 72.8 Å². The third-order valence-corrected chi connectivity index (χ3v) is 6.59. The maximum atomic E-state index is 13.4. The van der Waals surface area contributed by atoms with Crippen LogP contribution in [0.4, 0.5) is 15.8 Å². The summed E-state index contributed by atoms with van der Waals surface area (Å²) in [6, 6.07) is 24.7. The van der Waals surface area contributed by atoms with Gasteiger partial charge in [0.25, 0.3) is 17.7 Å². The summed E-state index contributed by atoms with van der Waals surface area (Å²) in [4.78, 5) is 40.9. The highest BCUT2D eigenvalue weighted by molar-refractivity contribution is 8.04. The molecule has 3 aromatic carbocycles. The molecule has 0 bridgehead atoms. The molecule has 9 heteroatoms. The maximum Gasteiger partial charge on any atom is 0.278 e. The van der Waals surface area contributed by atoms with Crippen molar-refractivity contribution in [2.75, 3.05) is 10.6 Å². The molecule has 0 saturated heterocycles. The smallest absolute Gasteiger partial charge is 0.278 e. The highest BCUT2D eigenvalue weighted by Crippen LogP contribution is 2.37. The van der Waals surface area contributed by atoms with Crippen molar-refractivity contribution in [3.8, 4) is 0 Å². The van der Waals surface area contributed by atoms with E-state index >= 15 is 0 Å². The summed E-state index contributed by atoms with van der Waals surface area (Å²) in [5.41, 5.74) is 1.68. The lowest BCUT2D eigenvalue weighted by Gasteiger charge is -2.13. The Morgan fingerprint density at radius 1 is 0.838 bits per heavy atom. The van der Waals surface area contributed by atoms with Gasteiger partial charge in [0.2, 0.25) is 0 Å². The predicted molar refractivity (Wildman–Crippen MR) is 138 cm³/mol. The van der Waals surface area contributed by atoms with Crippen LogP contribution in [0.3, 0.4) is 0 Å². The SMILES string of the molecule is O=C(Nc1ccc(SC2=C(Nc3ccc(F)cc3)C(=O)N(Cc3ccco3)C2=O)cc1)c1ccccc1. The molecule has 5 rings (SSSR count). The van der Waals surface area contributed by atoms with Crippen LogP contribution in [-0.4, -0.2) is 22.6 Å². The summed E-state index contributed by atoms with van der Waals surface area (Å²) in [5.74, 6) is -1.17. The fraction of sp³-hybridized carbons (Fsp3) is 0.0357. The minimum absolute atomic E-state index is 0.0201. The van der Waals surface area contributed by atoms with Crippen LogP contribution < -0.4 is 10.6 Å². The Hall–Kier alpha value is -4.63. The van der Waals surface area contributed by atoms with E-state index in [0.29, 0.717) is 27.6 Å². The minimum atomic E-state index is -0.514. The second-order valence-corrected chi connectivity index (χ2v) is 9.14. The molecule has 0 spiro atoms. The second kappa shape index (κ2) is 10.5. The normalized spacial score (nSPS) is 13.3. The summed E-state index contributed by atoms with van der Waals surface area (Å²) in [5, 5.41) is 5.81. The summed E-state index contributed by atoms with van der Waals surface area (Å²) < 4.78 is 18.7. The first-order valence-corrected chi connectivity index (χ1v) is 12.1. The number of carbonyl (C=O) groups excluding carboxylic acids is 3. The van der Waals surface area contributed by atoms with Gasteiger partial charge in [-0.1, -0.05) is 30.0 Å². The number of hydrogen-bond acceptors (Lipinski definition) is 6. The second-order valence-electron chi connectivity index (χ2n) is 8.06. The van der Waals surface area contributed by atoms with Gasteiger partial charge in [-0.2, -0.15) is 0 Å². The number of thioether (sulfide) groups is 1. The molecule has 0 saturated carbocycles. The molecule has 3 amide bonds. The molecule has 1 aliphatic rings. The predicted octanol–water partition coefficient (Wildman–Crippen LogP) is 5.66. The fourth-order valence-corrected chi connectivity index (χ4v) is 4.60. The monoisotopic (exact) mass is 513 g/mol. The quantitative estimate of drug-likeness (QED) is 0.296. The highest BCUT2D eigenvalue weighted by Gasteiger charge is 2.39. The lowest BCUT2D eigenvalue weighted by atomic mass is 10.2. The van der Waals surface area contributed by atoms with E-state index < -0.39 is 17.6 Å². The van der Waals surface area contributed by atoms with Crippen LogP contribution in [0.15, 0.2) is 117 Å². The van der Waals surface area contributed by atoms with Crippen LogP contribution in [0, 0.1) is 5.82 Å². The van der Waals surface area contributed by atoms with Gasteiger partial charge in [-0.3, -0.25) is 19.3 Å². The third kappa shape index (κ3) is 5.46. The van der Waals surface area contributed by atoms with Gasteiger partial charge < -0.3 is 15.1 Å². The highest BCUT2D eigenvalue weighted by atomic mass is 32.2. The van der Waals surface area contributed by atoms with Crippen molar-refractivity contribution in [3.63, 3.8) is 0 Å². The van der Waals surface area contributed by atoms with Gasteiger partial charge in [0, 0.05) is 21.8 Å². The number of amides is 3. The third-order valence-electron chi connectivity index (χ3n) is 5.50. The summed E-state index contributed by atoms with van der Waals surface area (Å²) >= 11 is 1.12. The summed E-state index contributed by atoms with van der Waals surface area (Å²) in [6.45, 7) is -0.0201. The van der Waals surface area contributed by atoms with Gasteiger partial charge >= 0.3 is 0 Å². The molecule has 1 aliphatic heterocycles. The Labute approximate surface area is 216 Å². The topological polar surface area (TPSA) is 91.7 Å². The van der Waals surface area contributed by atoms with Gasteiger partial charge in [0.05, 0.1) is 12.8 Å². The van der Waals surface area contributed by atoms with Crippen LogP contribution in [0.5, 0.6) is 0 Å². The number of anilines is 2. The van der Waals surface area contributed by atoms with E-state index in [1.54, 1.807) is 60.7 Å². The van der Waals surface area contributed by atoms with Gasteiger partial charge in [0.1, 0.15) is 22.2 Å². The first kappa shape index (κ1) is 24.1. The Balaban J connectivity index is 1.37. The molecule has 184 valence electrons. The molecule has 2 heterocycles. The van der Waals surface area contributed by atoms with Crippen LogP contribution in [0.1, 0.15) is 16.1 Å². The number of imide groups is 1. The van der Waals surface area contributed by atoms with E-state index in [1.807, 2.05) is 6.07 Å². The van der Waals surface area contributed by atoms with E-state index in [-0.39, 0.29) is 23.1 Å². The standard InChI is InChI=1S/C28H20FN3O4S/c29-19-8-10-20(11-9-19)30-24-25(28(35)32(27(24)34)17-22-7-4-16-36-22)37-23-14-12-21(13-15-23)31-26(33)18-5-2-1-3-6-18/h1-16,30H,17H2,(H,31,33). The van der Waals surface area contributed by atoms with Crippen molar-refractivity contribution >= 4 is 40.9 Å². The largest absolute Gasteiger partial charge is 0.467 e. The van der Waals surface area contributed by atoms with Crippen molar-refractivity contribution in [1.29, 1.82) is 0 Å². The Kier molecular flexibility index (Phi) is 6.87. The summed E-state index contributed by atoms with van der Waals surface area (Å²) in [6.07, 6.45) is 1.47. The molecule has 0 atom stereocenters. The number of furan rings is 1. The first-order chi connectivity index (χ1) is 18.0. The van der Waals surface area contributed by atoms with Crippen molar-refractivity contribution in [3.05, 3.63) is 125 Å². The van der Waals surface area contributed by atoms with E-state index in [0.717, 1.165) is 16.7 Å². The number of hydrogen-bond donors (Lipinski definition) is 2. The van der Waals surface area contributed by atoms with Crippen LogP contribution in [0.25, 0.3) is 0 Å². The van der Waals surface area contributed by atoms with Crippen LogP contribution in [0.2, 0.25) is 0 Å². The molecular formula is C28H20FN3O4S. The lowest BCUT2D eigenvalue weighted by Crippen LogP contribution is -2.31. The van der Waals surface area contributed by atoms with E-state index in [9.17, 15) is 18.8 Å². The first-order valence-electron chi connectivity index (χ1n) is 11.3. The summed E-state index contributed by atoms with van der Waals surface area (Å²) in [7, 11) is 0. The Morgan fingerprint density at radius 2 is 1.54 bits per heavy atom. The number of carbonyl (C=O) groups is 3. The average molecular weight is 514 g/mol. The van der Waals surface area contributed by atoms with E-state index in [4.69, 9.17) is 4.42 Å². The Morgan fingerprint density at radius 3 is 2.22 bits per heavy atom. The van der Waals surface area contributed by atoms with Crippen molar-refractivity contribution < 1.29 is 23.2 Å². The van der Waals surface area contributed by atoms with Crippen molar-refractivity contribution in [1.82, 2.24) is 4.90 Å². The lowest BCUT2D eigenvalue weighted by molar-refractivity contribution is -0.138. The molecule has 4 aromatic rings. The number of nitrogens with one attached hydrogen (secondary N) is 2. The van der Waals surface area contributed by atoms with Gasteiger partial charge in [0.15, 0.2) is 0 Å². The van der Waals surface area contributed by atoms with Gasteiger partial charge in [-0.15, -0.1) is 0 Å². The number of nitrogens with zero attached hydrogens (tertiary/aromatic N) is 1. The average Bonchev–Trinajstić information content (AvgIpc) is 3.51. The van der Waals surface area contributed by atoms with Crippen LogP contribution >= 0.6 is 11.8 Å². The molecule has 7 nitrogen and oxygen atoms in total. The Bertz CT molecular complexity index is 1470. The molecule has 0 aliphatic carbocycles. The zero-order valence-corrected chi connectivity index (χ0v) is 20.1. The zero-order valence-electron chi connectivity index (χ0n) is 19.3. The number of benzene rings is 3. The molecule has 1 aromatic heterocycles. The minimum Gasteiger partial charge on any atom is -0.467 e. The zero-order chi connectivity index (χ0) is 25.8. The molecule has 37 heavy (non-hydrogen) atoms.